The van der Waals surface area contributed by atoms with Gasteiger partial charge in [-0.1, -0.05) is 41.9 Å². The number of carbonyl (C=O) groups excluding carboxylic acids is 1. The van der Waals surface area contributed by atoms with E-state index >= 15 is 0 Å². The predicted octanol–water partition coefficient (Wildman–Crippen LogP) is 3.23. The maximum Gasteiger partial charge on any atom is 0.275 e. The average molecular weight is 424 g/mol. The van der Waals surface area contributed by atoms with Gasteiger partial charge in [0.05, 0.1) is 17.3 Å². The summed E-state index contributed by atoms with van der Waals surface area (Å²) < 4.78 is 7.87. The average Bonchev–Trinajstić information content (AvgIpc) is 3.12. The van der Waals surface area contributed by atoms with Gasteiger partial charge >= 0.3 is 0 Å². The molecule has 1 fully saturated rings. The van der Waals surface area contributed by atoms with E-state index < -0.39 is 5.60 Å². The molecule has 0 bridgehead atoms. The van der Waals surface area contributed by atoms with Gasteiger partial charge in [0.25, 0.3) is 5.91 Å². The van der Waals surface area contributed by atoms with Gasteiger partial charge in [-0.3, -0.25) is 9.48 Å². The number of piperidine rings is 1. The van der Waals surface area contributed by atoms with Crippen molar-refractivity contribution in [1.29, 1.82) is 0 Å². The van der Waals surface area contributed by atoms with Crippen LogP contribution in [0.15, 0.2) is 42.7 Å². The van der Waals surface area contributed by atoms with Gasteiger partial charge in [0.1, 0.15) is 5.60 Å². The van der Waals surface area contributed by atoms with Crippen molar-refractivity contribution in [3.63, 3.8) is 0 Å². The van der Waals surface area contributed by atoms with Gasteiger partial charge in [-0.25, -0.2) is 9.97 Å². The predicted molar refractivity (Wildman–Crippen MR) is 112 cm³/mol. The monoisotopic (exact) mass is 423 g/mol. The van der Waals surface area contributed by atoms with Crippen molar-refractivity contribution in [2.45, 2.75) is 24.9 Å². The minimum absolute atomic E-state index is 0.140. The zero-order valence-corrected chi connectivity index (χ0v) is 17.5. The number of rotatable bonds is 2. The molecule has 0 saturated carbocycles. The first-order valence-electron chi connectivity index (χ1n) is 10.1. The van der Waals surface area contributed by atoms with Crippen molar-refractivity contribution >= 4 is 17.5 Å². The zero-order chi connectivity index (χ0) is 20.7. The normalized spacial score (nSPS) is 17.7. The third kappa shape index (κ3) is 3.28. The van der Waals surface area contributed by atoms with E-state index in [2.05, 4.69) is 10.1 Å². The Hall–Kier alpha value is -2.77. The molecule has 4 heterocycles. The van der Waals surface area contributed by atoms with Crippen LogP contribution in [0.4, 0.5) is 0 Å². The lowest BCUT2D eigenvalue weighted by molar-refractivity contribution is -0.0967. The summed E-state index contributed by atoms with van der Waals surface area (Å²) in [6, 6.07) is 9.97. The largest absolute Gasteiger partial charge is 0.368 e. The van der Waals surface area contributed by atoms with Crippen LogP contribution in [-0.4, -0.2) is 50.3 Å². The fourth-order valence-electron chi connectivity index (χ4n) is 4.34. The molecular weight excluding hydrogens is 402 g/mol. The Balaban J connectivity index is 1.41. The van der Waals surface area contributed by atoms with E-state index in [4.69, 9.17) is 21.3 Å². The van der Waals surface area contributed by atoms with Crippen molar-refractivity contribution in [2.75, 3.05) is 19.7 Å². The van der Waals surface area contributed by atoms with E-state index in [1.165, 1.54) is 0 Å². The lowest BCUT2D eigenvalue weighted by atomic mass is 9.83. The van der Waals surface area contributed by atoms with Gasteiger partial charge in [0.15, 0.2) is 11.5 Å². The van der Waals surface area contributed by atoms with Gasteiger partial charge < -0.3 is 9.64 Å². The molecule has 1 aromatic carbocycles. The van der Waals surface area contributed by atoms with Gasteiger partial charge in [-0.15, -0.1) is 0 Å². The third-order valence-electron chi connectivity index (χ3n) is 5.92. The van der Waals surface area contributed by atoms with E-state index in [1.807, 2.05) is 36.5 Å². The molecule has 0 unspecified atom stereocenters. The number of hydrogen-bond donors (Lipinski definition) is 0. The number of carbonyl (C=O) groups is 1. The molecule has 8 heteroatoms. The Morgan fingerprint density at radius 2 is 1.97 bits per heavy atom. The Bertz CT molecular complexity index is 1090. The molecule has 1 spiro atoms. The molecule has 0 atom stereocenters. The number of halogens is 1. The standard InChI is InChI=1S/C22H22ClN5O2/c1-27-14-17(23)18(26-27)21(29)28-10-8-22(9-11-28)19-16(7-12-30-22)13-24-20(25-19)15-5-3-2-4-6-15/h2-6,13-14H,7-12H2,1H3. The van der Waals surface area contributed by atoms with Crippen molar-refractivity contribution in [3.05, 3.63) is 64.7 Å². The quantitative estimate of drug-likeness (QED) is 0.632. The van der Waals surface area contributed by atoms with Crippen LogP contribution in [0, 0.1) is 0 Å². The number of aryl methyl sites for hydroxylation is 1. The number of benzene rings is 1. The second-order valence-electron chi connectivity index (χ2n) is 7.82. The fourth-order valence-corrected chi connectivity index (χ4v) is 4.60. The van der Waals surface area contributed by atoms with Gasteiger partial charge in [-0.05, 0) is 24.8 Å². The highest BCUT2D eigenvalue weighted by atomic mass is 35.5. The second-order valence-corrected chi connectivity index (χ2v) is 8.22. The maximum atomic E-state index is 12.9. The van der Waals surface area contributed by atoms with Crippen LogP contribution in [0.3, 0.4) is 0 Å². The number of nitrogens with zero attached hydrogens (tertiary/aromatic N) is 5. The summed E-state index contributed by atoms with van der Waals surface area (Å²) in [6.45, 7) is 1.77. The number of amides is 1. The Labute approximate surface area is 179 Å². The minimum Gasteiger partial charge on any atom is -0.368 e. The van der Waals surface area contributed by atoms with Crippen molar-refractivity contribution in [3.8, 4) is 11.4 Å². The number of aromatic nitrogens is 4. The summed E-state index contributed by atoms with van der Waals surface area (Å²) >= 11 is 6.17. The summed E-state index contributed by atoms with van der Waals surface area (Å²) in [5.74, 6) is 0.567. The maximum absolute atomic E-state index is 12.9. The lowest BCUT2D eigenvalue weighted by Crippen LogP contribution is -2.49. The molecular formula is C22H22ClN5O2. The molecule has 1 amide bonds. The fraction of sp³-hybridized carbons (Fsp3) is 0.364. The molecule has 0 aliphatic carbocycles. The molecule has 2 aliphatic rings. The molecule has 0 radical (unpaired) electrons. The van der Waals surface area contributed by atoms with Crippen LogP contribution in [-0.2, 0) is 23.8 Å². The number of ether oxygens (including phenoxy) is 1. The molecule has 2 aliphatic heterocycles. The Morgan fingerprint density at radius 3 is 2.67 bits per heavy atom. The van der Waals surface area contributed by atoms with Gasteiger partial charge in [-0.2, -0.15) is 5.10 Å². The van der Waals surface area contributed by atoms with E-state index in [9.17, 15) is 4.79 Å². The number of hydrogen-bond acceptors (Lipinski definition) is 5. The zero-order valence-electron chi connectivity index (χ0n) is 16.7. The van der Waals surface area contributed by atoms with E-state index in [1.54, 1.807) is 22.8 Å². The highest BCUT2D eigenvalue weighted by Crippen LogP contribution is 2.41. The number of fused-ring (bicyclic) bond motifs is 2. The first-order valence-corrected chi connectivity index (χ1v) is 10.5. The molecule has 154 valence electrons. The smallest absolute Gasteiger partial charge is 0.275 e. The molecule has 0 N–H and O–H groups in total. The van der Waals surface area contributed by atoms with Crippen LogP contribution < -0.4 is 0 Å². The highest BCUT2D eigenvalue weighted by molar-refractivity contribution is 6.33. The van der Waals surface area contributed by atoms with Gasteiger partial charge in [0, 0.05) is 38.1 Å². The molecule has 2 aromatic heterocycles. The molecule has 3 aromatic rings. The van der Waals surface area contributed by atoms with Crippen LogP contribution in [0.2, 0.25) is 5.02 Å². The summed E-state index contributed by atoms with van der Waals surface area (Å²) in [7, 11) is 1.75. The van der Waals surface area contributed by atoms with E-state index in [0.717, 1.165) is 23.2 Å². The summed E-state index contributed by atoms with van der Waals surface area (Å²) in [5, 5.41) is 4.59. The molecule has 5 rings (SSSR count). The first kappa shape index (κ1) is 19.2. The summed E-state index contributed by atoms with van der Waals surface area (Å²) in [6.07, 6.45) is 5.74. The third-order valence-corrected chi connectivity index (χ3v) is 6.20. The van der Waals surface area contributed by atoms with Crippen molar-refractivity contribution < 1.29 is 9.53 Å². The van der Waals surface area contributed by atoms with Crippen LogP contribution in [0.1, 0.15) is 34.6 Å². The van der Waals surface area contributed by atoms with Crippen LogP contribution in [0.5, 0.6) is 0 Å². The van der Waals surface area contributed by atoms with Crippen LogP contribution >= 0.6 is 11.6 Å². The second kappa shape index (κ2) is 7.49. The molecule has 1 saturated heterocycles. The van der Waals surface area contributed by atoms with E-state index in [0.29, 0.717) is 49.1 Å². The molecule has 7 nitrogen and oxygen atoms in total. The van der Waals surface area contributed by atoms with Gasteiger partial charge in [0.2, 0.25) is 0 Å². The lowest BCUT2D eigenvalue weighted by Gasteiger charge is -2.44. The van der Waals surface area contributed by atoms with E-state index in [-0.39, 0.29) is 5.91 Å². The van der Waals surface area contributed by atoms with Crippen molar-refractivity contribution in [1.82, 2.24) is 24.6 Å². The topological polar surface area (TPSA) is 73.1 Å². The van der Waals surface area contributed by atoms with Crippen LogP contribution in [0.25, 0.3) is 11.4 Å². The SMILES string of the molecule is Cn1cc(Cl)c(C(=O)N2CCC3(CC2)OCCc2cnc(-c4ccccc4)nc23)n1. The van der Waals surface area contributed by atoms with Crippen molar-refractivity contribution in [2.24, 2.45) is 7.05 Å². The molecule has 30 heavy (non-hydrogen) atoms. The number of likely N-dealkylation sites (tertiary alicyclic amines) is 1. The highest BCUT2D eigenvalue weighted by Gasteiger charge is 2.43. The summed E-state index contributed by atoms with van der Waals surface area (Å²) in [4.78, 5) is 24.2. The Kier molecular flexibility index (Phi) is 4.79. The Morgan fingerprint density at radius 1 is 1.20 bits per heavy atom. The summed E-state index contributed by atoms with van der Waals surface area (Å²) in [5.41, 5.74) is 2.90. The first-order chi connectivity index (χ1) is 14.6. The minimum atomic E-state index is -0.481.